The lowest BCUT2D eigenvalue weighted by Crippen LogP contribution is -2.46. The number of methoxy groups -OCH3 is 1. The van der Waals surface area contributed by atoms with Gasteiger partial charge in [-0.2, -0.15) is 11.8 Å². The second-order valence-corrected chi connectivity index (χ2v) is 6.19. The Hall–Kier alpha value is -0.220. The molecule has 1 rings (SSSR count). The SMILES string of the molecule is CCC(C)CSC1CCC(N)(C(=O)OC)C1. The number of esters is 1. The molecule has 16 heavy (non-hydrogen) atoms. The van der Waals surface area contributed by atoms with Gasteiger partial charge in [-0.1, -0.05) is 20.3 Å². The van der Waals surface area contributed by atoms with E-state index in [1.54, 1.807) is 0 Å². The zero-order valence-electron chi connectivity index (χ0n) is 10.5. The van der Waals surface area contributed by atoms with Crippen molar-refractivity contribution in [1.82, 2.24) is 0 Å². The molecule has 0 radical (unpaired) electrons. The summed E-state index contributed by atoms with van der Waals surface area (Å²) in [5.74, 6) is 1.66. The molecule has 0 aromatic heterocycles. The van der Waals surface area contributed by atoms with Crippen LogP contribution < -0.4 is 5.73 Å². The van der Waals surface area contributed by atoms with Crippen molar-refractivity contribution < 1.29 is 9.53 Å². The number of carbonyl (C=O) groups is 1. The number of ether oxygens (including phenoxy) is 1. The highest BCUT2D eigenvalue weighted by Gasteiger charge is 2.43. The van der Waals surface area contributed by atoms with E-state index in [0.29, 0.717) is 5.25 Å². The molecule has 0 aliphatic heterocycles. The summed E-state index contributed by atoms with van der Waals surface area (Å²) >= 11 is 1.96. The van der Waals surface area contributed by atoms with Gasteiger partial charge in [0, 0.05) is 5.25 Å². The van der Waals surface area contributed by atoms with Crippen LogP contribution in [0.15, 0.2) is 0 Å². The number of hydrogen-bond acceptors (Lipinski definition) is 4. The summed E-state index contributed by atoms with van der Waals surface area (Å²) in [4.78, 5) is 11.5. The third-order valence-electron chi connectivity index (χ3n) is 3.41. The lowest BCUT2D eigenvalue weighted by Gasteiger charge is -2.20. The van der Waals surface area contributed by atoms with Gasteiger partial charge in [-0.25, -0.2) is 0 Å². The van der Waals surface area contributed by atoms with Crippen molar-refractivity contribution in [2.24, 2.45) is 11.7 Å². The quantitative estimate of drug-likeness (QED) is 0.754. The largest absolute Gasteiger partial charge is 0.468 e. The zero-order valence-corrected chi connectivity index (χ0v) is 11.3. The Bertz CT molecular complexity index is 247. The van der Waals surface area contributed by atoms with Gasteiger partial charge in [-0.3, -0.25) is 4.79 Å². The second kappa shape index (κ2) is 5.92. The van der Waals surface area contributed by atoms with E-state index >= 15 is 0 Å². The van der Waals surface area contributed by atoms with E-state index in [1.807, 2.05) is 11.8 Å². The minimum atomic E-state index is -0.720. The summed E-state index contributed by atoms with van der Waals surface area (Å²) in [5.41, 5.74) is 5.33. The molecular weight excluding hydrogens is 222 g/mol. The van der Waals surface area contributed by atoms with Gasteiger partial charge in [0.05, 0.1) is 7.11 Å². The lowest BCUT2D eigenvalue weighted by molar-refractivity contribution is -0.146. The molecule has 0 saturated heterocycles. The number of thioether (sulfide) groups is 1. The maximum absolute atomic E-state index is 11.5. The van der Waals surface area contributed by atoms with Crippen molar-refractivity contribution in [3.8, 4) is 0 Å². The minimum absolute atomic E-state index is 0.251. The van der Waals surface area contributed by atoms with Crippen LogP contribution in [0.25, 0.3) is 0 Å². The van der Waals surface area contributed by atoms with Crippen LogP contribution in [0, 0.1) is 5.92 Å². The third-order valence-corrected chi connectivity index (χ3v) is 5.04. The van der Waals surface area contributed by atoms with E-state index in [9.17, 15) is 4.79 Å². The Labute approximate surface area is 102 Å². The molecular formula is C12H23NO2S. The molecule has 2 N–H and O–H groups in total. The molecule has 0 aromatic carbocycles. The molecule has 3 atom stereocenters. The maximum Gasteiger partial charge on any atom is 0.325 e. The molecule has 0 heterocycles. The Morgan fingerprint density at radius 3 is 2.94 bits per heavy atom. The first-order valence-corrected chi connectivity index (χ1v) is 7.05. The topological polar surface area (TPSA) is 52.3 Å². The molecule has 0 amide bonds. The van der Waals surface area contributed by atoms with E-state index in [0.717, 1.165) is 25.2 Å². The predicted molar refractivity (Wildman–Crippen MR) is 68.5 cm³/mol. The highest BCUT2D eigenvalue weighted by molar-refractivity contribution is 7.99. The number of hydrogen-bond donors (Lipinski definition) is 1. The Morgan fingerprint density at radius 1 is 1.69 bits per heavy atom. The second-order valence-electron chi connectivity index (χ2n) is 4.86. The molecule has 3 nitrogen and oxygen atoms in total. The molecule has 1 saturated carbocycles. The van der Waals surface area contributed by atoms with Crippen molar-refractivity contribution >= 4 is 17.7 Å². The van der Waals surface area contributed by atoms with Gasteiger partial charge in [-0.15, -0.1) is 0 Å². The zero-order chi connectivity index (χ0) is 12.2. The molecule has 4 heteroatoms. The summed E-state index contributed by atoms with van der Waals surface area (Å²) < 4.78 is 4.76. The van der Waals surface area contributed by atoms with Gasteiger partial charge in [0.15, 0.2) is 0 Å². The van der Waals surface area contributed by atoms with E-state index in [4.69, 9.17) is 10.5 Å². The van der Waals surface area contributed by atoms with Gasteiger partial charge in [0.1, 0.15) is 5.54 Å². The normalized spacial score (nSPS) is 31.4. The van der Waals surface area contributed by atoms with Crippen molar-refractivity contribution in [2.45, 2.75) is 50.3 Å². The monoisotopic (exact) mass is 245 g/mol. The first-order chi connectivity index (χ1) is 7.51. The first kappa shape index (κ1) is 13.8. The van der Waals surface area contributed by atoms with Crippen molar-refractivity contribution in [1.29, 1.82) is 0 Å². The van der Waals surface area contributed by atoms with Crippen LogP contribution in [-0.4, -0.2) is 29.6 Å². The summed E-state index contributed by atoms with van der Waals surface area (Å²) in [6, 6.07) is 0. The van der Waals surface area contributed by atoms with Gasteiger partial charge in [0.2, 0.25) is 0 Å². The summed E-state index contributed by atoms with van der Waals surface area (Å²) in [6.45, 7) is 4.47. The van der Waals surface area contributed by atoms with Crippen LogP contribution in [0.3, 0.4) is 0 Å². The van der Waals surface area contributed by atoms with E-state index < -0.39 is 5.54 Å². The number of nitrogens with two attached hydrogens (primary N) is 1. The third kappa shape index (κ3) is 3.39. The summed E-state index contributed by atoms with van der Waals surface area (Å²) in [6.07, 6.45) is 3.77. The molecule has 0 aromatic rings. The highest BCUT2D eigenvalue weighted by atomic mass is 32.2. The highest BCUT2D eigenvalue weighted by Crippen LogP contribution is 2.37. The molecule has 0 spiro atoms. The van der Waals surface area contributed by atoms with Crippen LogP contribution in [-0.2, 0) is 9.53 Å². The standard InChI is InChI=1S/C12H23NO2S/c1-4-9(2)8-16-10-5-6-12(13,7-10)11(14)15-3/h9-10H,4-8,13H2,1-3H3. The van der Waals surface area contributed by atoms with Crippen LogP contribution in [0.5, 0.6) is 0 Å². The van der Waals surface area contributed by atoms with Gasteiger partial charge >= 0.3 is 5.97 Å². The van der Waals surface area contributed by atoms with E-state index in [1.165, 1.54) is 19.3 Å². The van der Waals surface area contributed by atoms with Crippen LogP contribution >= 0.6 is 11.8 Å². The van der Waals surface area contributed by atoms with E-state index in [2.05, 4.69) is 13.8 Å². The maximum atomic E-state index is 11.5. The first-order valence-electron chi connectivity index (χ1n) is 6.00. The van der Waals surface area contributed by atoms with Crippen molar-refractivity contribution in [3.05, 3.63) is 0 Å². The average molecular weight is 245 g/mol. The molecule has 94 valence electrons. The van der Waals surface area contributed by atoms with Crippen LogP contribution in [0.1, 0.15) is 39.5 Å². The molecule has 0 bridgehead atoms. The average Bonchev–Trinajstić information content (AvgIpc) is 2.68. The molecule has 1 fully saturated rings. The molecule has 1 aliphatic rings. The fourth-order valence-electron chi connectivity index (χ4n) is 1.98. The van der Waals surface area contributed by atoms with Gasteiger partial charge < -0.3 is 10.5 Å². The Morgan fingerprint density at radius 2 is 2.38 bits per heavy atom. The summed E-state index contributed by atoms with van der Waals surface area (Å²) in [7, 11) is 1.41. The van der Waals surface area contributed by atoms with Crippen molar-refractivity contribution in [3.63, 3.8) is 0 Å². The minimum Gasteiger partial charge on any atom is -0.468 e. The fraction of sp³-hybridized carbons (Fsp3) is 0.917. The number of rotatable bonds is 5. The van der Waals surface area contributed by atoms with Crippen molar-refractivity contribution in [2.75, 3.05) is 12.9 Å². The smallest absolute Gasteiger partial charge is 0.325 e. The summed E-state index contributed by atoms with van der Waals surface area (Å²) in [5, 5.41) is 0.526. The fourth-order valence-corrected chi connectivity index (χ4v) is 3.51. The Balaban J connectivity index is 2.37. The molecule has 3 unspecified atom stereocenters. The van der Waals surface area contributed by atoms with Crippen LogP contribution in [0.2, 0.25) is 0 Å². The predicted octanol–water partition coefficient (Wildman–Crippen LogP) is 2.19. The van der Waals surface area contributed by atoms with Gasteiger partial charge in [-0.05, 0) is 30.9 Å². The van der Waals surface area contributed by atoms with Crippen LogP contribution in [0.4, 0.5) is 0 Å². The lowest BCUT2D eigenvalue weighted by atomic mass is 10.00. The number of carbonyl (C=O) groups excluding carboxylic acids is 1. The van der Waals surface area contributed by atoms with Gasteiger partial charge in [0.25, 0.3) is 0 Å². The Kier molecular flexibility index (Phi) is 5.12. The molecule has 1 aliphatic carbocycles. The van der Waals surface area contributed by atoms with E-state index in [-0.39, 0.29) is 5.97 Å².